The van der Waals surface area contributed by atoms with Crippen molar-refractivity contribution in [1.82, 2.24) is 14.9 Å². The molecule has 1 aliphatic heterocycles. The average molecular weight is 521 g/mol. The summed E-state index contributed by atoms with van der Waals surface area (Å²) in [6.07, 6.45) is 5.68. The maximum atomic E-state index is 12.9. The first-order chi connectivity index (χ1) is 17.3. The molecule has 1 aromatic heterocycles. The Kier molecular flexibility index (Phi) is 6.31. The topological polar surface area (TPSA) is 50.3 Å². The molecule has 4 bridgehead atoms. The zero-order valence-corrected chi connectivity index (χ0v) is 21.2. The van der Waals surface area contributed by atoms with E-state index >= 15 is 0 Å². The van der Waals surface area contributed by atoms with Gasteiger partial charge in [-0.2, -0.15) is 13.2 Å². The Hall–Kier alpha value is -2.06. The predicted molar refractivity (Wildman–Crippen MR) is 133 cm³/mol. The van der Waals surface area contributed by atoms with Crippen molar-refractivity contribution in [3.8, 4) is 5.75 Å². The molecule has 0 amide bonds. The lowest BCUT2D eigenvalue weighted by atomic mass is 9.53. The first-order valence-corrected chi connectivity index (χ1v) is 13.4. The number of anilines is 2. The lowest BCUT2D eigenvalue weighted by Gasteiger charge is -2.58. The second-order valence-electron chi connectivity index (χ2n) is 11.2. The van der Waals surface area contributed by atoms with E-state index in [0.29, 0.717) is 23.6 Å². The van der Waals surface area contributed by atoms with Crippen molar-refractivity contribution in [3.05, 3.63) is 40.7 Å². The van der Waals surface area contributed by atoms with Crippen LogP contribution in [0.5, 0.6) is 5.75 Å². The third kappa shape index (κ3) is 4.55. The molecule has 5 aliphatic rings. The summed E-state index contributed by atoms with van der Waals surface area (Å²) in [5.74, 6) is 4.92. The fraction of sp³-hybridized carbons (Fsp3) is 0.630. The summed E-state index contributed by atoms with van der Waals surface area (Å²) in [5.41, 5.74) is 0.758. The third-order valence-corrected chi connectivity index (χ3v) is 9.41. The molecule has 0 atom stereocenters. The highest BCUT2D eigenvalue weighted by Crippen LogP contribution is 2.55. The van der Waals surface area contributed by atoms with Crippen LogP contribution < -0.4 is 10.1 Å². The summed E-state index contributed by atoms with van der Waals surface area (Å²) < 4.78 is 44.4. The molecule has 1 saturated heterocycles. The number of rotatable bonds is 5. The van der Waals surface area contributed by atoms with Crippen molar-refractivity contribution in [2.24, 2.45) is 23.7 Å². The number of likely N-dealkylation sites (tertiary alicyclic amines) is 1. The van der Waals surface area contributed by atoms with Gasteiger partial charge in [-0.1, -0.05) is 17.7 Å². The number of aromatic nitrogens is 2. The Morgan fingerprint density at radius 2 is 1.69 bits per heavy atom. The SMILES string of the molecule is COc1cc(C2CCN(C3C4CC5CC(C4)CC3C5)CC2)ccc1Nc1ncc(C(F)(F)F)c(Cl)n1. The highest BCUT2D eigenvalue weighted by Gasteiger charge is 2.50. The molecule has 0 unspecified atom stereocenters. The van der Waals surface area contributed by atoms with E-state index in [1.54, 1.807) is 7.11 Å². The first kappa shape index (κ1) is 24.3. The average Bonchev–Trinajstić information content (AvgIpc) is 2.83. The van der Waals surface area contributed by atoms with E-state index in [0.717, 1.165) is 55.6 Å². The number of benzene rings is 1. The zero-order valence-electron chi connectivity index (χ0n) is 20.4. The Morgan fingerprint density at radius 3 is 2.28 bits per heavy atom. The van der Waals surface area contributed by atoms with Gasteiger partial charge in [0.25, 0.3) is 0 Å². The van der Waals surface area contributed by atoms with Crippen LogP contribution in [0.25, 0.3) is 0 Å². The Balaban J connectivity index is 1.11. The molecular formula is C27H32ClF3N4O. The Bertz CT molecular complexity index is 1090. The molecule has 1 aromatic carbocycles. The van der Waals surface area contributed by atoms with Gasteiger partial charge >= 0.3 is 6.18 Å². The molecule has 7 rings (SSSR count). The quantitative estimate of drug-likeness (QED) is 0.434. The summed E-state index contributed by atoms with van der Waals surface area (Å²) >= 11 is 5.74. The molecular weight excluding hydrogens is 489 g/mol. The molecule has 4 saturated carbocycles. The van der Waals surface area contributed by atoms with Crippen LogP contribution in [0.1, 0.15) is 62.0 Å². The van der Waals surface area contributed by atoms with E-state index < -0.39 is 16.9 Å². The lowest BCUT2D eigenvalue weighted by Crippen LogP contribution is -2.57. The van der Waals surface area contributed by atoms with Gasteiger partial charge in [-0.15, -0.1) is 0 Å². The summed E-state index contributed by atoms with van der Waals surface area (Å²) in [4.78, 5) is 10.4. The molecule has 0 spiro atoms. The fourth-order valence-electron chi connectivity index (χ4n) is 7.82. The van der Waals surface area contributed by atoms with E-state index in [-0.39, 0.29) is 5.95 Å². The van der Waals surface area contributed by atoms with Gasteiger partial charge in [0, 0.05) is 12.2 Å². The largest absolute Gasteiger partial charge is 0.495 e. The van der Waals surface area contributed by atoms with Crippen molar-refractivity contribution in [2.75, 3.05) is 25.5 Å². The molecule has 2 heterocycles. The number of hydrogen-bond acceptors (Lipinski definition) is 5. The molecule has 1 N–H and O–H groups in total. The van der Waals surface area contributed by atoms with E-state index in [9.17, 15) is 13.2 Å². The van der Waals surface area contributed by atoms with Crippen LogP contribution in [0.15, 0.2) is 24.4 Å². The minimum atomic E-state index is -4.60. The minimum absolute atomic E-state index is 0.0111. The molecule has 36 heavy (non-hydrogen) atoms. The number of ether oxygens (including phenoxy) is 1. The second-order valence-corrected chi connectivity index (χ2v) is 11.6. The number of piperidine rings is 1. The van der Waals surface area contributed by atoms with Gasteiger partial charge in [-0.25, -0.2) is 9.97 Å². The summed E-state index contributed by atoms with van der Waals surface area (Å²) in [7, 11) is 1.58. The van der Waals surface area contributed by atoms with Crippen LogP contribution in [0.2, 0.25) is 5.15 Å². The number of halogens is 4. The maximum absolute atomic E-state index is 12.9. The monoisotopic (exact) mass is 520 g/mol. The van der Waals surface area contributed by atoms with Gasteiger partial charge in [0.2, 0.25) is 5.95 Å². The summed E-state index contributed by atoms with van der Waals surface area (Å²) in [6.45, 7) is 2.30. The van der Waals surface area contributed by atoms with Gasteiger partial charge in [0.05, 0.1) is 12.8 Å². The highest BCUT2D eigenvalue weighted by molar-refractivity contribution is 6.30. The van der Waals surface area contributed by atoms with E-state index in [2.05, 4.69) is 26.3 Å². The lowest BCUT2D eigenvalue weighted by molar-refractivity contribution is -0.137. The van der Waals surface area contributed by atoms with Crippen molar-refractivity contribution in [2.45, 2.75) is 63.1 Å². The second kappa shape index (κ2) is 9.35. The predicted octanol–water partition coefficient (Wildman–Crippen LogP) is 6.91. The van der Waals surface area contributed by atoms with E-state index in [1.807, 2.05) is 12.1 Å². The third-order valence-electron chi connectivity index (χ3n) is 9.12. The van der Waals surface area contributed by atoms with Gasteiger partial charge in [-0.05, 0) is 105 Å². The molecule has 4 aliphatic carbocycles. The van der Waals surface area contributed by atoms with Crippen LogP contribution >= 0.6 is 11.6 Å². The normalized spacial score (nSPS) is 30.5. The number of nitrogens with zero attached hydrogens (tertiary/aromatic N) is 3. The molecule has 5 fully saturated rings. The van der Waals surface area contributed by atoms with Gasteiger partial charge in [0.1, 0.15) is 16.5 Å². The van der Waals surface area contributed by atoms with Crippen LogP contribution in [-0.4, -0.2) is 41.1 Å². The molecule has 5 nitrogen and oxygen atoms in total. The molecule has 0 radical (unpaired) electrons. The molecule has 2 aromatic rings. The van der Waals surface area contributed by atoms with Crippen molar-refractivity contribution in [1.29, 1.82) is 0 Å². The van der Waals surface area contributed by atoms with Gasteiger partial charge in [0.15, 0.2) is 0 Å². The van der Waals surface area contributed by atoms with E-state index in [4.69, 9.17) is 16.3 Å². The summed E-state index contributed by atoms with van der Waals surface area (Å²) in [5, 5.41) is 2.31. The number of methoxy groups -OCH3 is 1. The molecule has 194 valence electrons. The van der Waals surface area contributed by atoms with Crippen LogP contribution in [0, 0.1) is 23.7 Å². The smallest absolute Gasteiger partial charge is 0.420 e. The standard InChI is InChI=1S/C27H32ClF3N4O/c1-36-23-13-18(2-3-22(23)33-26-32-14-21(25(28)34-26)27(29,30)31)17-4-6-35(7-5-17)24-19-9-15-8-16(11-19)12-20(24)10-15/h2-3,13-17,19-20,24H,4-12H2,1H3,(H,32,33,34). The first-order valence-electron chi connectivity index (χ1n) is 13.1. The van der Waals surface area contributed by atoms with Crippen LogP contribution in [0.4, 0.5) is 24.8 Å². The minimum Gasteiger partial charge on any atom is -0.495 e. The van der Waals surface area contributed by atoms with E-state index in [1.165, 1.54) is 37.7 Å². The van der Waals surface area contributed by atoms with Gasteiger partial charge in [-0.3, -0.25) is 4.90 Å². The van der Waals surface area contributed by atoms with Crippen molar-refractivity contribution >= 4 is 23.2 Å². The van der Waals surface area contributed by atoms with Gasteiger partial charge < -0.3 is 10.1 Å². The number of alkyl halides is 3. The van der Waals surface area contributed by atoms with Crippen molar-refractivity contribution in [3.63, 3.8) is 0 Å². The fourth-order valence-corrected chi connectivity index (χ4v) is 8.06. The van der Waals surface area contributed by atoms with Crippen LogP contribution in [-0.2, 0) is 6.18 Å². The maximum Gasteiger partial charge on any atom is 0.420 e. The Labute approximate surface area is 214 Å². The number of hydrogen-bond donors (Lipinski definition) is 1. The van der Waals surface area contributed by atoms with Crippen molar-refractivity contribution < 1.29 is 17.9 Å². The summed E-state index contributed by atoms with van der Waals surface area (Å²) in [6, 6.07) is 6.78. The highest BCUT2D eigenvalue weighted by atomic mass is 35.5. The zero-order chi connectivity index (χ0) is 25.0. The van der Waals surface area contributed by atoms with Crippen LogP contribution in [0.3, 0.4) is 0 Å². The number of nitrogens with one attached hydrogen (secondary N) is 1. The Morgan fingerprint density at radius 1 is 1.03 bits per heavy atom. The molecule has 9 heteroatoms.